The molecule has 0 bridgehead atoms. The van der Waals surface area contributed by atoms with Gasteiger partial charge in [-0.2, -0.15) is 0 Å². The maximum absolute atomic E-state index is 12.1. The third-order valence-electron chi connectivity index (χ3n) is 3.43. The van der Waals surface area contributed by atoms with E-state index < -0.39 is 5.97 Å². The fourth-order valence-corrected chi connectivity index (χ4v) is 3.51. The molecular weight excluding hydrogens is 420 g/mol. The number of rotatable bonds is 9. The zero-order chi connectivity index (χ0) is 19.1. The molecule has 1 heterocycles. The van der Waals surface area contributed by atoms with Crippen LogP contribution in [0.1, 0.15) is 34.0 Å². The maximum atomic E-state index is 12.1. The summed E-state index contributed by atoms with van der Waals surface area (Å²) in [5, 5.41) is 0. The van der Waals surface area contributed by atoms with E-state index in [0.717, 1.165) is 9.35 Å². The predicted molar refractivity (Wildman–Crippen MR) is 105 cm³/mol. The number of esters is 1. The zero-order valence-corrected chi connectivity index (χ0v) is 17.4. The van der Waals surface area contributed by atoms with Crippen LogP contribution in [-0.2, 0) is 16.0 Å². The molecule has 1 aromatic carbocycles. The van der Waals surface area contributed by atoms with Gasteiger partial charge in [-0.15, -0.1) is 11.3 Å². The molecule has 0 spiro atoms. The summed E-state index contributed by atoms with van der Waals surface area (Å²) in [6, 6.07) is 7.14. The highest BCUT2D eigenvalue weighted by molar-refractivity contribution is 9.10. The molecule has 5 nitrogen and oxygen atoms in total. The smallest absolute Gasteiger partial charge is 0.310 e. The lowest BCUT2D eigenvalue weighted by Gasteiger charge is -2.14. The number of carbonyl (C=O) groups excluding carboxylic acids is 2. The summed E-state index contributed by atoms with van der Waals surface area (Å²) in [6.45, 7) is 6.43. The summed E-state index contributed by atoms with van der Waals surface area (Å²) in [5.74, 6) is 0.517. The Morgan fingerprint density at radius 1 is 1.08 bits per heavy atom. The molecule has 140 valence electrons. The molecule has 1 aromatic heterocycles. The van der Waals surface area contributed by atoms with Gasteiger partial charge in [0.1, 0.15) is 0 Å². The third-order valence-corrected chi connectivity index (χ3v) is 5.21. The van der Waals surface area contributed by atoms with Crippen LogP contribution in [0.5, 0.6) is 11.5 Å². The quantitative estimate of drug-likeness (QED) is 0.421. The second-order valence-electron chi connectivity index (χ2n) is 5.43. The summed E-state index contributed by atoms with van der Waals surface area (Å²) in [4.78, 5) is 25.8. The topological polar surface area (TPSA) is 61.8 Å². The number of ketones is 1. The Morgan fingerprint density at radius 2 is 1.73 bits per heavy atom. The second-order valence-corrected chi connectivity index (χ2v) is 7.57. The molecule has 0 unspecified atom stereocenters. The summed E-state index contributed by atoms with van der Waals surface area (Å²) in [6.07, 6.45) is 0.0316. The molecule has 0 aliphatic rings. The van der Waals surface area contributed by atoms with Crippen molar-refractivity contribution in [1.29, 1.82) is 0 Å². The molecule has 2 aromatic rings. The minimum atomic E-state index is -0.473. The normalized spacial score (nSPS) is 10.5. The number of aryl methyl sites for hydroxylation is 1. The van der Waals surface area contributed by atoms with Gasteiger partial charge in [0.15, 0.2) is 18.1 Å². The minimum Gasteiger partial charge on any atom is -0.490 e. The van der Waals surface area contributed by atoms with Crippen LogP contribution in [0.3, 0.4) is 0 Å². The van der Waals surface area contributed by atoms with Gasteiger partial charge in [0.25, 0.3) is 0 Å². The number of carbonyl (C=O) groups is 2. The van der Waals surface area contributed by atoms with Crippen molar-refractivity contribution in [2.75, 3.05) is 19.8 Å². The highest BCUT2D eigenvalue weighted by Gasteiger charge is 2.16. The maximum Gasteiger partial charge on any atom is 0.310 e. The van der Waals surface area contributed by atoms with Crippen LogP contribution in [-0.4, -0.2) is 31.6 Å². The van der Waals surface area contributed by atoms with Crippen LogP contribution < -0.4 is 9.47 Å². The van der Waals surface area contributed by atoms with E-state index in [-0.39, 0.29) is 18.8 Å². The molecule has 0 aliphatic carbocycles. The van der Waals surface area contributed by atoms with E-state index in [1.165, 1.54) is 11.3 Å². The van der Waals surface area contributed by atoms with E-state index >= 15 is 0 Å². The van der Waals surface area contributed by atoms with E-state index in [1.807, 2.05) is 26.8 Å². The van der Waals surface area contributed by atoms with E-state index in [1.54, 1.807) is 18.2 Å². The van der Waals surface area contributed by atoms with Crippen molar-refractivity contribution >= 4 is 39.0 Å². The highest BCUT2D eigenvalue weighted by atomic mass is 79.9. The lowest BCUT2D eigenvalue weighted by molar-refractivity contribution is -0.141. The summed E-state index contributed by atoms with van der Waals surface area (Å²) >= 11 is 4.83. The van der Waals surface area contributed by atoms with Crippen molar-refractivity contribution in [3.63, 3.8) is 0 Å². The molecule has 0 saturated heterocycles. The van der Waals surface area contributed by atoms with Crippen LogP contribution in [0.4, 0.5) is 0 Å². The average molecular weight is 441 g/mol. The molecule has 26 heavy (non-hydrogen) atoms. The van der Waals surface area contributed by atoms with E-state index in [2.05, 4.69) is 15.9 Å². The summed E-state index contributed by atoms with van der Waals surface area (Å²) in [7, 11) is 0. The van der Waals surface area contributed by atoms with Gasteiger partial charge in [0.2, 0.25) is 5.78 Å². The van der Waals surface area contributed by atoms with Gasteiger partial charge in [-0.25, -0.2) is 0 Å². The number of hydrogen-bond donors (Lipinski definition) is 0. The Hall–Kier alpha value is -1.86. The molecule has 0 fully saturated rings. The molecule has 0 amide bonds. The Bertz CT molecular complexity index is 784. The van der Waals surface area contributed by atoms with Crippen molar-refractivity contribution in [3.8, 4) is 11.5 Å². The second kappa shape index (κ2) is 9.73. The average Bonchev–Trinajstić information content (AvgIpc) is 3.03. The fraction of sp³-hybridized carbons (Fsp3) is 0.368. The molecule has 2 rings (SSSR count). The lowest BCUT2D eigenvalue weighted by Crippen LogP contribution is -2.15. The largest absolute Gasteiger partial charge is 0.490 e. The van der Waals surface area contributed by atoms with Crippen molar-refractivity contribution in [3.05, 3.63) is 44.1 Å². The number of halogens is 1. The molecule has 7 heteroatoms. The van der Waals surface area contributed by atoms with Crippen molar-refractivity contribution in [2.24, 2.45) is 0 Å². The van der Waals surface area contributed by atoms with Crippen LogP contribution in [0, 0.1) is 6.92 Å². The van der Waals surface area contributed by atoms with Gasteiger partial charge in [-0.05, 0) is 50.6 Å². The Balaban J connectivity index is 2.01. The monoisotopic (exact) mass is 440 g/mol. The molecular formula is C19H21BrO5S. The van der Waals surface area contributed by atoms with Crippen LogP contribution in [0.2, 0.25) is 0 Å². The van der Waals surface area contributed by atoms with Crippen LogP contribution >= 0.6 is 27.3 Å². The Labute approximate surface area is 165 Å². The number of ether oxygens (including phenoxy) is 3. The van der Waals surface area contributed by atoms with Crippen LogP contribution in [0.15, 0.2) is 28.7 Å². The van der Waals surface area contributed by atoms with E-state index in [0.29, 0.717) is 35.2 Å². The van der Waals surface area contributed by atoms with Crippen molar-refractivity contribution in [1.82, 2.24) is 0 Å². The number of hydrogen-bond acceptors (Lipinski definition) is 6. The van der Waals surface area contributed by atoms with Crippen molar-refractivity contribution in [2.45, 2.75) is 27.2 Å². The fourth-order valence-electron chi connectivity index (χ4n) is 2.26. The Kier molecular flexibility index (Phi) is 7.66. The Morgan fingerprint density at radius 3 is 2.31 bits per heavy atom. The van der Waals surface area contributed by atoms with Crippen molar-refractivity contribution < 1.29 is 23.8 Å². The number of Topliss-reactive ketones (excluding diaryl/α,β-unsaturated/α-hetero) is 1. The van der Waals surface area contributed by atoms with Gasteiger partial charge in [-0.1, -0.05) is 15.9 Å². The third kappa shape index (κ3) is 5.57. The standard InChI is InChI=1S/C19H21BrO5S/c1-4-23-16-8-13(14(20)10-17(16)24-5-2)9-19(22)25-11-15(21)18-7-6-12(3)26-18/h6-8,10H,4-5,9,11H2,1-3H3. The highest BCUT2D eigenvalue weighted by Crippen LogP contribution is 2.34. The SMILES string of the molecule is CCOc1cc(Br)c(CC(=O)OCC(=O)c2ccc(C)s2)cc1OCC. The van der Waals surface area contributed by atoms with Gasteiger partial charge in [0, 0.05) is 9.35 Å². The predicted octanol–water partition coefficient (Wildman–Crippen LogP) is 4.59. The van der Waals surface area contributed by atoms with E-state index in [9.17, 15) is 9.59 Å². The number of benzene rings is 1. The van der Waals surface area contributed by atoms with E-state index in [4.69, 9.17) is 14.2 Å². The first-order valence-electron chi connectivity index (χ1n) is 8.27. The van der Waals surface area contributed by atoms with Gasteiger partial charge in [0.05, 0.1) is 24.5 Å². The minimum absolute atomic E-state index is 0.0316. The molecule has 0 saturated carbocycles. The molecule has 0 N–H and O–H groups in total. The first-order valence-corrected chi connectivity index (χ1v) is 9.88. The zero-order valence-electron chi connectivity index (χ0n) is 15.0. The lowest BCUT2D eigenvalue weighted by atomic mass is 10.1. The van der Waals surface area contributed by atoms with Gasteiger partial charge >= 0.3 is 5.97 Å². The molecule has 0 aliphatic heterocycles. The van der Waals surface area contributed by atoms with Gasteiger partial charge < -0.3 is 14.2 Å². The first-order chi connectivity index (χ1) is 12.4. The van der Waals surface area contributed by atoms with Crippen LogP contribution in [0.25, 0.3) is 0 Å². The van der Waals surface area contributed by atoms with Gasteiger partial charge in [-0.3, -0.25) is 9.59 Å². The summed E-state index contributed by atoms with van der Waals surface area (Å²) in [5.41, 5.74) is 0.710. The summed E-state index contributed by atoms with van der Waals surface area (Å²) < 4.78 is 17.0. The first kappa shape index (κ1) is 20.5. The molecule has 0 atom stereocenters. The molecule has 0 radical (unpaired) electrons. The number of thiophene rings is 1.